The van der Waals surface area contributed by atoms with Crippen LogP contribution < -0.4 is 9.64 Å². The average Bonchev–Trinajstić information content (AvgIpc) is 3.36. The molecule has 0 N–H and O–H groups in total. The maximum atomic E-state index is 7.12. The molecular formula is C29H23N3OS. The van der Waals surface area contributed by atoms with Crippen LogP contribution in [-0.4, -0.2) is 24.0 Å². The molecule has 0 aliphatic carbocycles. The standard InChI is InChI=1S/C29H23N3OS/c1-28(2)21-12-6-8-14-23(21)32(3)29(28)17-30-25-19-11-5-4-10-18(19)16-20(26(25)33-29)27-31-22-13-7-9-15-24(22)34-27/h4-17H,1-3H3. The van der Waals surface area contributed by atoms with Gasteiger partial charge in [-0.15, -0.1) is 11.3 Å². The molecule has 5 aromatic rings. The Morgan fingerprint density at radius 3 is 2.53 bits per heavy atom. The third kappa shape index (κ3) is 2.42. The summed E-state index contributed by atoms with van der Waals surface area (Å²) >= 11 is 1.69. The van der Waals surface area contributed by atoms with Crippen LogP contribution in [0.5, 0.6) is 5.75 Å². The Labute approximate surface area is 202 Å². The van der Waals surface area contributed by atoms with Gasteiger partial charge in [0.15, 0.2) is 5.75 Å². The van der Waals surface area contributed by atoms with Gasteiger partial charge in [0.25, 0.3) is 0 Å². The summed E-state index contributed by atoms with van der Waals surface area (Å²) in [6.07, 6.45) is 2.00. The van der Waals surface area contributed by atoms with E-state index in [0.717, 1.165) is 38.3 Å². The fourth-order valence-corrected chi connectivity index (χ4v) is 6.53. The molecule has 4 aromatic carbocycles. The Hall–Kier alpha value is -3.70. The molecule has 166 valence electrons. The molecule has 1 atom stereocenters. The summed E-state index contributed by atoms with van der Waals surface area (Å²) in [6, 6.07) is 27.4. The minimum atomic E-state index is -0.739. The summed E-state index contributed by atoms with van der Waals surface area (Å²) in [6.45, 7) is 4.48. The fourth-order valence-electron chi connectivity index (χ4n) is 5.55. The van der Waals surface area contributed by atoms with Crippen LogP contribution in [0.4, 0.5) is 11.4 Å². The lowest BCUT2D eigenvalue weighted by Crippen LogP contribution is -2.61. The molecule has 1 unspecified atom stereocenters. The lowest BCUT2D eigenvalue weighted by Gasteiger charge is -2.45. The Morgan fingerprint density at radius 2 is 1.68 bits per heavy atom. The molecule has 34 heavy (non-hydrogen) atoms. The van der Waals surface area contributed by atoms with Crippen molar-refractivity contribution in [3.8, 4) is 16.3 Å². The number of ether oxygens (including phenoxy) is 1. The Balaban J connectivity index is 1.50. The number of thiazole rings is 1. The van der Waals surface area contributed by atoms with E-state index >= 15 is 0 Å². The first-order chi connectivity index (χ1) is 16.5. The van der Waals surface area contributed by atoms with Crippen LogP contribution in [0, 0.1) is 0 Å². The van der Waals surface area contributed by atoms with Gasteiger partial charge in [-0.25, -0.2) is 4.98 Å². The predicted molar refractivity (Wildman–Crippen MR) is 142 cm³/mol. The zero-order chi connectivity index (χ0) is 23.1. The molecule has 0 radical (unpaired) electrons. The van der Waals surface area contributed by atoms with Crippen molar-refractivity contribution < 1.29 is 4.74 Å². The van der Waals surface area contributed by atoms with E-state index in [1.807, 2.05) is 12.3 Å². The molecule has 1 spiro atoms. The topological polar surface area (TPSA) is 37.7 Å². The number of hydrogen-bond acceptors (Lipinski definition) is 5. The van der Waals surface area contributed by atoms with Crippen LogP contribution >= 0.6 is 11.3 Å². The maximum absolute atomic E-state index is 7.12. The van der Waals surface area contributed by atoms with E-state index in [2.05, 4.69) is 98.6 Å². The van der Waals surface area contributed by atoms with Crippen LogP contribution in [0.1, 0.15) is 19.4 Å². The van der Waals surface area contributed by atoms with Crippen molar-refractivity contribution in [3.05, 3.63) is 84.4 Å². The first kappa shape index (κ1) is 19.7. The number of hydrogen-bond donors (Lipinski definition) is 0. The Kier molecular flexibility index (Phi) is 3.87. The first-order valence-corrected chi connectivity index (χ1v) is 12.3. The molecule has 3 heterocycles. The summed E-state index contributed by atoms with van der Waals surface area (Å²) in [5.41, 5.74) is 4.25. The second-order valence-electron chi connectivity index (χ2n) is 9.57. The molecule has 4 nitrogen and oxygen atoms in total. The van der Waals surface area contributed by atoms with Crippen molar-refractivity contribution in [1.29, 1.82) is 0 Å². The van der Waals surface area contributed by atoms with Gasteiger partial charge in [-0.05, 0) is 49.1 Å². The number of benzene rings is 4. The van der Waals surface area contributed by atoms with Gasteiger partial charge in [-0.2, -0.15) is 0 Å². The number of aliphatic imine (C=N–C) groups is 1. The summed E-state index contributed by atoms with van der Waals surface area (Å²) in [5, 5.41) is 3.17. The summed E-state index contributed by atoms with van der Waals surface area (Å²) < 4.78 is 8.29. The van der Waals surface area contributed by atoms with Gasteiger partial charge in [0.1, 0.15) is 10.7 Å². The van der Waals surface area contributed by atoms with Crippen molar-refractivity contribution in [2.75, 3.05) is 11.9 Å². The van der Waals surface area contributed by atoms with E-state index in [1.54, 1.807) is 11.3 Å². The van der Waals surface area contributed by atoms with Crippen molar-refractivity contribution >= 4 is 49.9 Å². The molecule has 2 aliphatic rings. The largest absolute Gasteiger partial charge is 0.459 e. The smallest absolute Gasteiger partial charge is 0.228 e. The number of nitrogens with zero attached hydrogens (tertiary/aromatic N) is 3. The van der Waals surface area contributed by atoms with Crippen LogP contribution in [0.15, 0.2) is 83.9 Å². The van der Waals surface area contributed by atoms with Crippen LogP contribution in [0.25, 0.3) is 31.6 Å². The quantitative estimate of drug-likeness (QED) is 0.262. The predicted octanol–water partition coefficient (Wildman–Crippen LogP) is 7.34. The fraction of sp³-hybridized carbons (Fsp3) is 0.172. The van der Waals surface area contributed by atoms with Crippen LogP contribution in [0.3, 0.4) is 0 Å². The van der Waals surface area contributed by atoms with Crippen molar-refractivity contribution in [3.63, 3.8) is 0 Å². The highest BCUT2D eigenvalue weighted by Crippen LogP contribution is 2.56. The Morgan fingerprint density at radius 1 is 0.912 bits per heavy atom. The van der Waals surface area contributed by atoms with Crippen LogP contribution in [0.2, 0.25) is 0 Å². The zero-order valence-corrected chi connectivity index (χ0v) is 20.1. The molecule has 5 heteroatoms. The third-order valence-corrected chi connectivity index (χ3v) is 8.53. The SMILES string of the molecule is CN1c2ccccc2C(C)(C)C12C=Nc1c(c(-c3nc4ccccc4s3)cc3ccccc13)O2. The average molecular weight is 462 g/mol. The highest BCUT2D eigenvalue weighted by atomic mass is 32.1. The second-order valence-corrected chi connectivity index (χ2v) is 10.6. The van der Waals surface area contributed by atoms with E-state index in [0.29, 0.717) is 0 Å². The van der Waals surface area contributed by atoms with E-state index < -0.39 is 5.72 Å². The van der Waals surface area contributed by atoms with Gasteiger partial charge in [0.2, 0.25) is 5.72 Å². The minimum Gasteiger partial charge on any atom is -0.459 e. The molecule has 1 aromatic heterocycles. The zero-order valence-electron chi connectivity index (χ0n) is 19.2. The molecule has 0 amide bonds. The number of para-hydroxylation sites is 2. The molecule has 0 saturated heterocycles. The van der Waals surface area contributed by atoms with Crippen molar-refractivity contribution in [2.45, 2.75) is 25.0 Å². The summed E-state index contributed by atoms with van der Waals surface area (Å²) in [4.78, 5) is 12.3. The van der Waals surface area contributed by atoms with Crippen molar-refractivity contribution in [1.82, 2.24) is 4.98 Å². The van der Waals surface area contributed by atoms with Gasteiger partial charge in [-0.1, -0.05) is 54.6 Å². The maximum Gasteiger partial charge on any atom is 0.228 e. The van der Waals surface area contributed by atoms with E-state index in [-0.39, 0.29) is 5.41 Å². The van der Waals surface area contributed by atoms with E-state index in [1.165, 1.54) is 16.0 Å². The molecule has 7 rings (SSSR count). The van der Waals surface area contributed by atoms with Crippen LogP contribution in [-0.2, 0) is 5.41 Å². The van der Waals surface area contributed by atoms with Gasteiger partial charge < -0.3 is 9.64 Å². The number of likely N-dealkylation sites (N-methyl/N-ethyl adjacent to an activating group) is 1. The second kappa shape index (κ2) is 6.67. The molecular weight excluding hydrogens is 438 g/mol. The molecule has 2 aliphatic heterocycles. The van der Waals surface area contributed by atoms with Gasteiger partial charge in [0, 0.05) is 18.1 Å². The summed E-state index contributed by atoms with van der Waals surface area (Å²) in [5.74, 6) is 0.799. The summed E-state index contributed by atoms with van der Waals surface area (Å²) in [7, 11) is 2.10. The number of anilines is 1. The molecule has 0 bridgehead atoms. The first-order valence-electron chi connectivity index (χ1n) is 11.5. The number of rotatable bonds is 1. The van der Waals surface area contributed by atoms with Gasteiger partial charge in [-0.3, -0.25) is 4.99 Å². The highest BCUT2D eigenvalue weighted by molar-refractivity contribution is 7.21. The van der Waals surface area contributed by atoms with E-state index in [9.17, 15) is 0 Å². The molecule has 0 saturated carbocycles. The minimum absolute atomic E-state index is 0.309. The van der Waals surface area contributed by atoms with Crippen molar-refractivity contribution in [2.24, 2.45) is 4.99 Å². The number of fused-ring (bicyclic) bond motifs is 5. The normalized spacial score (nSPS) is 20.0. The highest BCUT2D eigenvalue weighted by Gasteiger charge is 2.58. The monoisotopic (exact) mass is 461 g/mol. The van der Waals surface area contributed by atoms with E-state index in [4.69, 9.17) is 14.7 Å². The molecule has 0 fully saturated rings. The lowest BCUT2D eigenvalue weighted by atomic mass is 9.77. The van der Waals surface area contributed by atoms with Gasteiger partial charge in [0.05, 0.1) is 27.4 Å². The third-order valence-electron chi connectivity index (χ3n) is 7.46. The number of aromatic nitrogens is 1. The van der Waals surface area contributed by atoms with Gasteiger partial charge >= 0.3 is 0 Å². The lowest BCUT2D eigenvalue weighted by molar-refractivity contribution is 0.0833. The Bertz CT molecular complexity index is 1620.